The van der Waals surface area contributed by atoms with Gasteiger partial charge in [-0.3, -0.25) is 0 Å². The average molecular weight is 177 g/mol. The zero-order valence-corrected chi connectivity index (χ0v) is 7.65. The molecule has 1 aliphatic heterocycles. The number of rotatable bonds is 1. The number of hydrogen-bond donors (Lipinski definition) is 1. The Morgan fingerprint density at radius 1 is 1.23 bits per heavy atom. The molecule has 0 saturated carbocycles. The topological polar surface area (TPSA) is 35.2 Å². The maximum absolute atomic E-state index is 5.88. The van der Waals surface area contributed by atoms with Gasteiger partial charge in [0.25, 0.3) is 0 Å². The van der Waals surface area contributed by atoms with Gasteiger partial charge in [0.15, 0.2) is 0 Å². The third kappa shape index (κ3) is 2.08. The van der Waals surface area contributed by atoms with Crippen molar-refractivity contribution < 1.29 is 4.74 Å². The van der Waals surface area contributed by atoms with E-state index in [1.54, 1.807) is 0 Å². The van der Waals surface area contributed by atoms with Crippen molar-refractivity contribution in [2.75, 3.05) is 6.61 Å². The Morgan fingerprint density at radius 3 is 2.69 bits per heavy atom. The Bertz CT molecular complexity index is 260. The highest BCUT2D eigenvalue weighted by Gasteiger charge is 2.20. The molecule has 0 bridgehead atoms. The summed E-state index contributed by atoms with van der Waals surface area (Å²) in [5.74, 6) is 0. The smallest absolute Gasteiger partial charge is 0.0839 e. The standard InChI is InChI=1S/C11H15NO/c12-10-6-7-13-11(8-10)9-4-2-1-3-5-9/h1-5,10-11H,6-8,12H2. The zero-order chi connectivity index (χ0) is 9.10. The Balaban J connectivity index is 2.08. The van der Waals surface area contributed by atoms with Gasteiger partial charge in [-0.2, -0.15) is 0 Å². The Hall–Kier alpha value is -0.860. The van der Waals surface area contributed by atoms with Gasteiger partial charge in [0, 0.05) is 12.6 Å². The molecule has 0 amide bonds. The van der Waals surface area contributed by atoms with Crippen molar-refractivity contribution in [3.8, 4) is 0 Å². The van der Waals surface area contributed by atoms with Crippen molar-refractivity contribution in [1.29, 1.82) is 0 Å². The van der Waals surface area contributed by atoms with Crippen molar-refractivity contribution in [2.45, 2.75) is 25.0 Å². The van der Waals surface area contributed by atoms with E-state index in [1.807, 2.05) is 18.2 Å². The first kappa shape index (κ1) is 8.73. The van der Waals surface area contributed by atoms with E-state index in [1.165, 1.54) is 5.56 Å². The molecule has 0 aliphatic carbocycles. The summed E-state index contributed by atoms with van der Waals surface area (Å²) in [6.45, 7) is 0.792. The third-order valence-electron chi connectivity index (χ3n) is 2.50. The van der Waals surface area contributed by atoms with Crippen LogP contribution in [0.1, 0.15) is 24.5 Å². The second kappa shape index (κ2) is 3.90. The van der Waals surface area contributed by atoms with Crippen LogP contribution in [-0.2, 0) is 4.74 Å². The molecule has 0 aromatic heterocycles. The molecule has 1 heterocycles. The van der Waals surface area contributed by atoms with Crippen LogP contribution >= 0.6 is 0 Å². The fourth-order valence-corrected chi connectivity index (χ4v) is 1.72. The van der Waals surface area contributed by atoms with Crippen LogP contribution < -0.4 is 5.73 Å². The van der Waals surface area contributed by atoms with Crippen LogP contribution in [0.4, 0.5) is 0 Å². The lowest BCUT2D eigenvalue weighted by atomic mass is 9.98. The lowest BCUT2D eigenvalue weighted by Gasteiger charge is -2.27. The van der Waals surface area contributed by atoms with E-state index < -0.39 is 0 Å². The second-order valence-electron chi connectivity index (χ2n) is 3.55. The van der Waals surface area contributed by atoms with Gasteiger partial charge in [-0.05, 0) is 18.4 Å². The minimum atomic E-state index is 0.213. The van der Waals surface area contributed by atoms with Gasteiger partial charge >= 0.3 is 0 Å². The van der Waals surface area contributed by atoms with Crippen LogP contribution in [0.5, 0.6) is 0 Å². The van der Waals surface area contributed by atoms with Gasteiger partial charge in [0.05, 0.1) is 6.10 Å². The number of hydrogen-bond acceptors (Lipinski definition) is 2. The number of benzene rings is 1. The summed E-state index contributed by atoms with van der Waals surface area (Å²) < 4.78 is 5.65. The molecule has 13 heavy (non-hydrogen) atoms. The fourth-order valence-electron chi connectivity index (χ4n) is 1.72. The van der Waals surface area contributed by atoms with E-state index >= 15 is 0 Å². The Labute approximate surface area is 78.7 Å². The molecule has 2 nitrogen and oxygen atoms in total. The predicted octanol–water partition coefficient (Wildman–Crippen LogP) is 1.87. The first-order valence-corrected chi connectivity index (χ1v) is 4.78. The zero-order valence-electron chi connectivity index (χ0n) is 7.65. The largest absolute Gasteiger partial charge is 0.373 e. The molecule has 70 valence electrons. The summed E-state index contributed by atoms with van der Waals surface area (Å²) in [6.07, 6.45) is 2.15. The molecular formula is C11H15NO. The van der Waals surface area contributed by atoms with E-state index in [0.717, 1.165) is 19.4 Å². The van der Waals surface area contributed by atoms with Crippen molar-refractivity contribution in [3.05, 3.63) is 35.9 Å². The van der Waals surface area contributed by atoms with Gasteiger partial charge in [0.1, 0.15) is 0 Å². The van der Waals surface area contributed by atoms with E-state index in [4.69, 9.17) is 10.5 Å². The van der Waals surface area contributed by atoms with Crippen molar-refractivity contribution >= 4 is 0 Å². The van der Waals surface area contributed by atoms with Crippen LogP contribution in [-0.4, -0.2) is 12.6 Å². The average Bonchev–Trinajstić information content (AvgIpc) is 2.19. The van der Waals surface area contributed by atoms with Crippen LogP contribution in [0.2, 0.25) is 0 Å². The Kier molecular flexibility index (Phi) is 2.62. The highest BCUT2D eigenvalue weighted by molar-refractivity contribution is 5.18. The number of ether oxygens (including phenoxy) is 1. The molecule has 2 heteroatoms. The van der Waals surface area contributed by atoms with Gasteiger partial charge in [-0.25, -0.2) is 0 Å². The highest BCUT2D eigenvalue weighted by Crippen LogP contribution is 2.26. The number of nitrogens with two attached hydrogens (primary N) is 1. The van der Waals surface area contributed by atoms with Crippen LogP contribution in [0.3, 0.4) is 0 Å². The van der Waals surface area contributed by atoms with Crippen molar-refractivity contribution in [2.24, 2.45) is 5.73 Å². The SMILES string of the molecule is NC1CCOC(c2ccccc2)C1. The second-order valence-corrected chi connectivity index (χ2v) is 3.55. The summed E-state index contributed by atoms with van der Waals surface area (Å²) in [6, 6.07) is 10.6. The minimum absolute atomic E-state index is 0.213. The Morgan fingerprint density at radius 2 is 2.00 bits per heavy atom. The molecule has 0 spiro atoms. The maximum Gasteiger partial charge on any atom is 0.0839 e. The first-order chi connectivity index (χ1) is 6.36. The quantitative estimate of drug-likeness (QED) is 0.710. The van der Waals surface area contributed by atoms with E-state index in [0.29, 0.717) is 6.04 Å². The molecule has 2 unspecified atom stereocenters. The van der Waals surface area contributed by atoms with Gasteiger partial charge in [-0.1, -0.05) is 30.3 Å². The molecule has 0 radical (unpaired) electrons. The van der Waals surface area contributed by atoms with Gasteiger partial charge < -0.3 is 10.5 Å². The van der Waals surface area contributed by atoms with E-state index in [9.17, 15) is 0 Å². The molecular weight excluding hydrogens is 162 g/mol. The normalized spacial score (nSPS) is 28.7. The minimum Gasteiger partial charge on any atom is -0.373 e. The lowest BCUT2D eigenvalue weighted by Crippen LogP contribution is -2.30. The fraction of sp³-hybridized carbons (Fsp3) is 0.455. The molecule has 1 aromatic rings. The molecule has 2 N–H and O–H groups in total. The van der Waals surface area contributed by atoms with Gasteiger partial charge in [0.2, 0.25) is 0 Å². The summed E-state index contributed by atoms with van der Waals surface area (Å²) >= 11 is 0. The van der Waals surface area contributed by atoms with E-state index in [2.05, 4.69) is 12.1 Å². The van der Waals surface area contributed by atoms with Crippen LogP contribution in [0, 0.1) is 0 Å². The maximum atomic E-state index is 5.88. The van der Waals surface area contributed by atoms with Gasteiger partial charge in [-0.15, -0.1) is 0 Å². The van der Waals surface area contributed by atoms with E-state index in [-0.39, 0.29) is 6.10 Å². The highest BCUT2D eigenvalue weighted by atomic mass is 16.5. The summed E-state index contributed by atoms with van der Waals surface area (Å²) in [4.78, 5) is 0. The molecule has 1 saturated heterocycles. The first-order valence-electron chi connectivity index (χ1n) is 4.78. The van der Waals surface area contributed by atoms with Crippen LogP contribution in [0.25, 0.3) is 0 Å². The summed E-state index contributed by atoms with van der Waals surface area (Å²) in [5, 5.41) is 0. The summed E-state index contributed by atoms with van der Waals surface area (Å²) in [7, 11) is 0. The molecule has 1 fully saturated rings. The molecule has 2 atom stereocenters. The predicted molar refractivity (Wildman–Crippen MR) is 52.3 cm³/mol. The molecule has 2 rings (SSSR count). The van der Waals surface area contributed by atoms with Crippen molar-refractivity contribution in [1.82, 2.24) is 0 Å². The van der Waals surface area contributed by atoms with Crippen LogP contribution in [0.15, 0.2) is 30.3 Å². The summed E-state index contributed by atoms with van der Waals surface area (Å²) in [5.41, 5.74) is 7.13. The third-order valence-corrected chi connectivity index (χ3v) is 2.50. The monoisotopic (exact) mass is 177 g/mol. The lowest BCUT2D eigenvalue weighted by molar-refractivity contribution is 0.00668. The molecule has 1 aromatic carbocycles. The van der Waals surface area contributed by atoms with Crippen molar-refractivity contribution in [3.63, 3.8) is 0 Å². The molecule has 1 aliphatic rings.